The average molecular weight is 354 g/mol. The van der Waals surface area contributed by atoms with Crippen LogP contribution in [0.2, 0.25) is 0 Å². The molecule has 0 saturated carbocycles. The monoisotopic (exact) mass is 354 g/mol. The van der Waals surface area contributed by atoms with Crippen LogP contribution in [0.15, 0.2) is 63.6 Å². The topological polar surface area (TPSA) is 141 Å². The molecule has 0 aliphatic heterocycles. The van der Waals surface area contributed by atoms with Gasteiger partial charge in [0.1, 0.15) is 11.5 Å². The Morgan fingerprint density at radius 1 is 1.19 bits per heavy atom. The molecule has 10 nitrogen and oxygen atoms in total. The number of H-pyrrole nitrogens is 1. The molecule has 3 rings (SSSR count). The number of para-hydroxylation sites is 1. The van der Waals surface area contributed by atoms with Crippen LogP contribution in [-0.2, 0) is 0 Å². The van der Waals surface area contributed by atoms with Gasteiger partial charge < -0.3 is 10.5 Å². The first-order valence-corrected chi connectivity index (χ1v) is 7.41. The molecule has 2 aromatic carbocycles. The number of hydrogen-bond donors (Lipinski definition) is 2. The molecule has 1 heterocycles. The van der Waals surface area contributed by atoms with E-state index in [0.29, 0.717) is 5.69 Å². The number of nitro benzene ring substituents is 1. The molecule has 0 aliphatic carbocycles. The predicted molar refractivity (Wildman–Crippen MR) is 94.6 cm³/mol. The predicted octanol–water partition coefficient (Wildman–Crippen LogP) is 3.08. The molecule has 3 N–H and O–H groups in total. The number of benzene rings is 2. The van der Waals surface area contributed by atoms with Crippen molar-refractivity contribution in [3.05, 3.63) is 69.0 Å². The number of ether oxygens (including phenoxy) is 1. The van der Waals surface area contributed by atoms with Crippen LogP contribution in [0, 0.1) is 10.1 Å². The van der Waals surface area contributed by atoms with Gasteiger partial charge in [0.15, 0.2) is 11.4 Å². The van der Waals surface area contributed by atoms with Crippen molar-refractivity contribution in [2.75, 3.05) is 12.8 Å². The zero-order valence-corrected chi connectivity index (χ0v) is 13.6. The summed E-state index contributed by atoms with van der Waals surface area (Å²) in [6.07, 6.45) is 0. The zero-order valence-electron chi connectivity index (χ0n) is 13.6. The van der Waals surface area contributed by atoms with E-state index < -0.39 is 10.5 Å². The van der Waals surface area contributed by atoms with Crippen molar-refractivity contribution in [1.82, 2.24) is 9.78 Å². The second-order valence-corrected chi connectivity index (χ2v) is 5.16. The molecule has 132 valence electrons. The summed E-state index contributed by atoms with van der Waals surface area (Å²) in [5.74, 6) is 0.198. The Bertz CT molecular complexity index is 1040. The average Bonchev–Trinajstić information content (AvgIpc) is 2.94. The summed E-state index contributed by atoms with van der Waals surface area (Å²) < 4.78 is 6.33. The van der Waals surface area contributed by atoms with Crippen molar-refractivity contribution in [3.63, 3.8) is 0 Å². The fourth-order valence-electron chi connectivity index (χ4n) is 2.27. The van der Waals surface area contributed by atoms with Crippen LogP contribution in [-0.4, -0.2) is 21.8 Å². The molecule has 0 amide bonds. The van der Waals surface area contributed by atoms with E-state index in [4.69, 9.17) is 10.5 Å². The number of nitrogens with two attached hydrogens (primary N) is 1. The largest absolute Gasteiger partial charge is 0.494 e. The molecule has 0 bridgehead atoms. The number of nitrogens with one attached hydrogen (secondary N) is 1. The molecular weight excluding hydrogens is 340 g/mol. The molecule has 0 fully saturated rings. The molecule has 0 radical (unpaired) electrons. The van der Waals surface area contributed by atoms with E-state index in [1.54, 1.807) is 24.3 Å². The minimum atomic E-state index is -0.549. The number of rotatable bonds is 5. The van der Waals surface area contributed by atoms with Gasteiger partial charge in [-0.25, -0.2) is 4.68 Å². The van der Waals surface area contributed by atoms with E-state index in [9.17, 15) is 14.9 Å². The first-order valence-electron chi connectivity index (χ1n) is 7.41. The van der Waals surface area contributed by atoms with Gasteiger partial charge in [0.25, 0.3) is 5.69 Å². The lowest BCUT2D eigenvalue weighted by Gasteiger charge is -2.02. The maximum absolute atomic E-state index is 12.5. The summed E-state index contributed by atoms with van der Waals surface area (Å²) in [7, 11) is 1.35. The van der Waals surface area contributed by atoms with Gasteiger partial charge in [-0.15, -0.1) is 10.2 Å². The van der Waals surface area contributed by atoms with E-state index in [1.165, 1.54) is 30.0 Å². The number of azo groups is 1. The van der Waals surface area contributed by atoms with Crippen LogP contribution >= 0.6 is 0 Å². The number of hydrogen-bond acceptors (Lipinski definition) is 7. The molecule has 10 heteroatoms. The van der Waals surface area contributed by atoms with Crippen LogP contribution in [0.1, 0.15) is 0 Å². The first-order chi connectivity index (χ1) is 12.5. The third kappa shape index (κ3) is 3.15. The molecule has 0 saturated heterocycles. The van der Waals surface area contributed by atoms with Gasteiger partial charge in [0, 0.05) is 6.07 Å². The van der Waals surface area contributed by atoms with Crippen LogP contribution in [0.4, 0.5) is 22.9 Å². The molecule has 0 spiro atoms. The Kier molecular flexibility index (Phi) is 4.48. The number of aromatic amines is 1. The van der Waals surface area contributed by atoms with E-state index >= 15 is 0 Å². The van der Waals surface area contributed by atoms with Crippen molar-refractivity contribution in [3.8, 4) is 11.4 Å². The molecule has 26 heavy (non-hydrogen) atoms. The molecule has 1 aromatic heterocycles. The van der Waals surface area contributed by atoms with Crippen molar-refractivity contribution < 1.29 is 9.66 Å². The quantitative estimate of drug-likeness (QED) is 0.411. The summed E-state index contributed by atoms with van der Waals surface area (Å²) in [5.41, 5.74) is 5.96. The summed E-state index contributed by atoms with van der Waals surface area (Å²) in [6.45, 7) is 0. The third-order valence-electron chi connectivity index (χ3n) is 3.54. The Labute approximate surface area is 146 Å². The first kappa shape index (κ1) is 16.9. The summed E-state index contributed by atoms with van der Waals surface area (Å²) in [5, 5.41) is 21.4. The Balaban J connectivity index is 1.99. The van der Waals surface area contributed by atoms with Gasteiger partial charge in [0.2, 0.25) is 0 Å². The SMILES string of the molecule is COc1cc([N+](=O)[O-])ccc1N=Nc1c(N)[nH]n(-c2ccccc2)c1=O. The Hall–Kier alpha value is -3.95. The summed E-state index contributed by atoms with van der Waals surface area (Å²) in [4.78, 5) is 22.8. The number of aromatic nitrogens is 2. The van der Waals surface area contributed by atoms with Crippen molar-refractivity contribution in [2.45, 2.75) is 0 Å². The lowest BCUT2D eigenvalue weighted by Crippen LogP contribution is -2.13. The van der Waals surface area contributed by atoms with Gasteiger partial charge in [-0.3, -0.25) is 20.0 Å². The van der Waals surface area contributed by atoms with Gasteiger partial charge in [-0.1, -0.05) is 18.2 Å². The smallest absolute Gasteiger partial charge is 0.301 e. The maximum Gasteiger partial charge on any atom is 0.301 e. The highest BCUT2D eigenvalue weighted by molar-refractivity contribution is 5.60. The number of anilines is 1. The standard InChI is InChI=1S/C16H14N6O4/c1-26-13-9-11(22(24)25)7-8-12(13)18-19-14-15(17)20-21(16(14)23)10-5-3-2-4-6-10/h2-9,20H,17H2,1H3. The molecule has 0 aliphatic rings. The van der Waals surface area contributed by atoms with Crippen LogP contribution < -0.4 is 16.0 Å². The fraction of sp³-hybridized carbons (Fsp3) is 0.0625. The number of non-ortho nitro benzene ring substituents is 1. The lowest BCUT2D eigenvalue weighted by molar-refractivity contribution is -0.384. The second kappa shape index (κ2) is 6.89. The molecule has 3 aromatic rings. The summed E-state index contributed by atoms with van der Waals surface area (Å²) in [6, 6.07) is 12.7. The lowest BCUT2D eigenvalue weighted by atomic mass is 10.2. The number of nitrogen functional groups attached to an aromatic ring is 1. The van der Waals surface area contributed by atoms with E-state index in [1.807, 2.05) is 6.07 Å². The van der Waals surface area contributed by atoms with Gasteiger partial charge >= 0.3 is 5.56 Å². The number of methoxy groups -OCH3 is 1. The molecule has 0 atom stereocenters. The highest BCUT2D eigenvalue weighted by Crippen LogP contribution is 2.32. The second-order valence-electron chi connectivity index (χ2n) is 5.16. The van der Waals surface area contributed by atoms with E-state index in [2.05, 4.69) is 15.3 Å². The number of nitrogens with zero attached hydrogens (tertiary/aromatic N) is 4. The fourth-order valence-corrected chi connectivity index (χ4v) is 2.27. The van der Waals surface area contributed by atoms with Gasteiger partial charge in [0.05, 0.1) is 23.8 Å². The van der Waals surface area contributed by atoms with Crippen molar-refractivity contribution in [2.24, 2.45) is 10.2 Å². The minimum absolute atomic E-state index is 0.0449. The third-order valence-corrected chi connectivity index (χ3v) is 3.54. The highest BCUT2D eigenvalue weighted by Gasteiger charge is 2.14. The van der Waals surface area contributed by atoms with Gasteiger partial charge in [-0.2, -0.15) is 0 Å². The zero-order chi connectivity index (χ0) is 18.7. The molecular formula is C16H14N6O4. The maximum atomic E-state index is 12.5. The molecule has 0 unspecified atom stereocenters. The number of nitro groups is 1. The van der Waals surface area contributed by atoms with Gasteiger partial charge in [-0.05, 0) is 18.2 Å². The van der Waals surface area contributed by atoms with Crippen LogP contribution in [0.25, 0.3) is 5.69 Å². The van der Waals surface area contributed by atoms with Crippen LogP contribution in [0.5, 0.6) is 5.75 Å². The van der Waals surface area contributed by atoms with Crippen LogP contribution in [0.3, 0.4) is 0 Å². The van der Waals surface area contributed by atoms with Crippen molar-refractivity contribution in [1.29, 1.82) is 0 Å². The summed E-state index contributed by atoms with van der Waals surface area (Å²) >= 11 is 0. The van der Waals surface area contributed by atoms with Crippen molar-refractivity contribution >= 4 is 22.9 Å². The van der Waals surface area contributed by atoms with E-state index in [0.717, 1.165) is 0 Å². The highest BCUT2D eigenvalue weighted by atomic mass is 16.6. The minimum Gasteiger partial charge on any atom is -0.494 e. The Morgan fingerprint density at radius 3 is 2.58 bits per heavy atom. The normalized spacial score (nSPS) is 11.0. The van der Waals surface area contributed by atoms with E-state index in [-0.39, 0.29) is 28.6 Å². The Morgan fingerprint density at radius 2 is 1.92 bits per heavy atom.